The molecule has 0 saturated heterocycles. The number of hydrogen-bond acceptors (Lipinski definition) is 0. The molecule has 0 unspecified atom stereocenters. The molecule has 36 heavy (non-hydrogen) atoms. The summed E-state index contributed by atoms with van der Waals surface area (Å²) in [5.74, 6) is 0. The second-order valence-corrected chi connectivity index (χ2v) is 22.1. The Morgan fingerprint density at radius 1 is 0.639 bits per heavy atom. The first-order chi connectivity index (χ1) is 15.9. The van der Waals surface area contributed by atoms with E-state index in [4.69, 9.17) is 11.5 Å². The van der Waals surface area contributed by atoms with Gasteiger partial charge in [0.1, 0.15) is 0 Å². The second kappa shape index (κ2) is 28.3. The molecule has 0 heterocycles. The maximum atomic E-state index is 6.58. The summed E-state index contributed by atoms with van der Waals surface area (Å²) in [5.41, 5.74) is 18.6. The molecule has 2 aliphatic carbocycles. The van der Waals surface area contributed by atoms with Gasteiger partial charge < -0.3 is 36.3 Å². The van der Waals surface area contributed by atoms with Gasteiger partial charge in [-0.3, -0.25) is 12.2 Å². The molecule has 2 nitrogen and oxygen atoms in total. The van der Waals surface area contributed by atoms with E-state index in [9.17, 15) is 0 Å². The minimum absolute atomic E-state index is 0. The molecular weight excluding hydrogens is 587 g/mol. The predicted octanol–water partition coefficient (Wildman–Crippen LogP) is 2.59. The van der Waals surface area contributed by atoms with Gasteiger partial charge in [0.2, 0.25) is 0 Å². The Hall–Kier alpha value is 0.282. The quantitative estimate of drug-likeness (QED) is 0.318. The minimum Gasteiger partial charge on any atom is -1.00 e. The van der Waals surface area contributed by atoms with Crippen molar-refractivity contribution in [2.75, 3.05) is 0 Å². The van der Waals surface area contributed by atoms with Crippen molar-refractivity contribution in [3.05, 3.63) is 94.4 Å². The van der Waals surface area contributed by atoms with Crippen LogP contribution in [-0.2, 0) is 51.2 Å². The molecule has 2 aromatic rings. The van der Waals surface area contributed by atoms with Gasteiger partial charge in [-0.2, -0.15) is 11.1 Å². The molecule has 0 atom stereocenters. The Kier molecular flexibility index (Phi) is 34.1. The average Bonchev–Trinajstić information content (AvgIpc) is 3.36. The molecule has 0 aliphatic heterocycles. The van der Waals surface area contributed by atoms with Crippen molar-refractivity contribution in [2.45, 2.75) is 78.8 Å². The van der Waals surface area contributed by atoms with E-state index in [-0.39, 0.29) is 49.3 Å². The topological polar surface area (TPSA) is 47.6 Å². The van der Waals surface area contributed by atoms with Gasteiger partial charge in [0, 0.05) is 0 Å². The first-order valence-electron chi connectivity index (χ1n) is 11.6. The van der Waals surface area contributed by atoms with Gasteiger partial charge in [0.25, 0.3) is 0 Å². The van der Waals surface area contributed by atoms with E-state index in [0.29, 0.717) is 0 Å². The fourth-order valence-electron chi connectivity index (χ4n) is 2.21. The van der Waals surface area contributed by atoms with Gasteiger partial charge in [-0.1, -0.05) is 64.1 Å². The monoisotopic (exact) mass is 628 g/mol. The normalized spacial score (nSPS) is 10.4. The Bertz CT molecular complexity index is 816. The molecule has 0 amide bonds. The van der Waals surface area contributed by atoms with Gasteiger partial charge in [-0.25, -0.2) is 12.2 Å². The van der Waals surface area contributed by atoms with Crippen LogP contribution in [0.4, 0.5) is 0 Å². The number of hydrogen-bond donors (Lipinski definition) is 0. The molecule has 8 heteroatoms. The molecule has 2 N–H and O–H groups in total. The number of allylic oxidation sites excluding steroid dienone is 2. The number of fused-ring (bicyclic) bond motifs is 2. The summed E-state index contributed by atoms with van der Waals surface area (Å²) in [6, 6.07) is 17.0. The summed E-state index contributed by atoms with van der Waals surface area (Å²) in [6.07, 6.45) is 12.7. The van der Waals surface area contributed by atoms with Gasteiger partial charge in [-0.15, -0.1) is 48.2 Å². The number of benzene rings is 2. The maximum absolute atomic E-state index is 6.58. The van der Waals surface area contributed by atoms with Crippen molar-refractivity contribution in [2.24, 2.45) is 0 Å². The van der Waals surface area contributed by atoms with E-state index in [1.165, 1.54) is 22.3 Å². The summed E-state index contributed by atoms with van der Waals surface area (Å²) in [5, 5.41) is 0. The van der Waals surface area contributed by atoms with Crippen LogP contribution in [0.1, 0.15) is 49.9 Å². The van der Waals surface area contributed by atoms with Crippen molar-refractivity contribution >= 4 is 24.5 Å². The third-order valence-corrected chi connectivity index (χ3v) is 3.21. The Balaban J connectivity index is -0.000000179. The third-order valence-electron chi connectivity index (χ3n) is 3.21. The Morgan fingerprint density at radius 2 is 0.861 bits per heavy atom. The fourth-order valence-corrected chi connectivity index (χ4v) is 2.21. The molecule has 0 radical (unpaired) electrons. The predicted molar refractivity (Wildman–Crippen MR) is 150 cm³/mol. The summed E-state index contributed by atoms with van der Waals surface area (Å²) in [4.78, 5) is 0. The fraction of sp³-hybridized carbons (Fsp3) is 0.429. The summed E-state index contributed by atoms with van der Waals surface area (Å²) < 4.78 is 0. The van der Waals surface area contributed by atoms with Crippen LogP contribution in [0.5, 0.6) is 0 Å². The van der Waals surface area contributed by atoms with Gasteiger partial charge in [0.15, 0.2) is 0 Å². The molecular formula is C28H42Cl2N2Si2Ti2-2. The van der Waals surface area contributed by atoms with Gasteiger partial charge in [0.05, 0.1) is 0 Å². The number of nitrogens with one attached hydrogen (secondary N) is 2. The van der Waals surface area contributed by atoms with Crippen LogP contribution in [-0.4, -0.2) is 24.5 Å². The van der Waals surface area contributed by atoms with E-state index in [1.807, 2.05) is 27.7 Å². The maximum Gasteiger partial charge on any atom is -0.0650 e. The van der Waals surface area contributed by atoms with E-state index in [1.54, 1.807) is 0 Å². The zero-order valence-electron chi connectivity index (χ0n) is 23.1. The van der Waals surface area contributed by atoms with E-state index < -0.39 is 0 Å². The first-order valence-corrected chi connectivity index (χ1v) is 21.3. The molecule has 0 saturated carbocycles. The minimum atomic E-state index is 0. The SMILES string of the molecule is CC(C)[NH-].CC(C)[NH-].C[Si](C)=[Ti+2].C[Si](C)=[Ti+2].[C-]1=Cc2ccccc2C1.[C-]1=Cc2ccccc2C1.[Cl-].[Cl-]. The molecule has 0 spiro atoms. The van der Waals surface area contributed by atoms with Crippen LogP contribution in [0.25, 0.3) is 23.6 Å². The average molecular weight is 629 g/mol. The summed E-state index contributed by atoms with van der Waals surface area (Å²) in [7, 11) is 0. The molecule has 4 rings (SSSR count). The van der Waals surface area contributed by atoms with Crippen LogP contribution in [0.3, 0.4) is 0 Å². The molecule has 0 fully saturated rings. The standard InChI is InChI=1S/2C9H7.2C3H8N.2C2H6Si.2ClH.2Ti/c2*1-2-5-9-7-3-6-8(9)4-1;2*1-3(2)4;2*1-3-2;;;;/h2*1-2,4-6H,7H2;2*3-4H,1-2H3;2*1-2H3;2*1H;;/q4*-1;;;;;2*+2/p-2. The van der Waals surface area contributed by atoms with Crippen LogP contribution in [0, 0.1) is 12.2 Å². The van der Waals surface area contributed by atoms with E-state index >= 15 is 0 Å². The smallest absolute Gasteiger partial charge is 0.0650 e. The van der Waals surface area contributed by atoms with Crippen LogP contribution < -0.4 is 24.8 Å². The van der Waals surface area contributed by atoms with Crippen LogP contribution in [0.2, 0.25) is 26.2 Å². The summed E-state index contributed by atoms with van der Waals surface area (Å²) >= 11 is 4.54. The van der Waals surface area contributed by atoms with Crippen LogP contribution >= 0.6 is 0 Å². The van der Waals surface area contributed by atoms with Crippen molar-refractivity contribution in [1.82, 2.24) is 0 Å². The Labute approximate surface area is 258 Å². The van der Waals surface area contributed by atoms with Crippen LogP contribution in [0.15, 0.2) is 48.5 Å². The molecule has 0 aromatic heterocycles. The molecule has 2 aliphatic rings. The Morgan fingerprint density at radius 3 is 1.08 bits per heavy atom. The first kappa shape index (κ1) is 43.3. The van der Waals surface area contributed by atoms with E-state index in [0.717, 1.165) is 12.8 Å². The van der Waals surface area contributed by atoms with Crippen molar-refractivity contribution in [1.29, 1.82) is 0 Å². The van der Waals surface area contributed by atoms with Gasteiger partial charge >= 0.3 is 76.9 Å². The van der Waals surface area contributed by atoms with Crippen molar-refractivity contribution in [3.63, 3.8) is 0 Å². The summed E-state index contributed by atoms with van der Waals surface area (Å²) in [6.45, 7) is 16.4. The number of halogens is 2. The molecule has 196 valence electrons. The molecule has 0 bridgehead atoms. The zero-order chi connectivity index (χ0) is 26.5. The van der Waals surface area contributed by atoms with E-state index in [2.05, 4.69) is 137 Å². The van der Waals surface area contributed by atoms with Gasteiger partial charge in [-0.05, 0) is 0 Å². The number of rotatable bonds is 0. The third kappa shape index (κ3) is 32.3. The van der Waals surface area contributed by atoms with Crippen molar-refractivity contribution in [3.8, 4) is 0 Å². The molecule has 2 aromatic carbocycles. The largest absolute Gasteiger partial charge is 1.00 e. The zero-order valence-corrected chi connectivity index (χ0v) is 29.7. The second-order valence-electron chi connectivity index (χ2n) is 8.76. The van der Waals surface area contributed by atoms with Crippen molar-refractivity contribution < 1.29 is 63.2 Å².